The second-order valence-corrected chi connectivity index (χ2v) is 36.3. The van der Waals surface area contributed by atoms with Crippen molar-refractivity contribution >= 4 is 35.0 Å². The molecular weight excluding hydrogens is 747 g/mol. The van der Waals surface area contributed by atoms with E-state index in [0.29, 0.717) is 18.8 Å². The van der Waals surface area contributed by atoms with Crippen molar-refractivity contribution in [1.82, 2.24) is 4.31 Å². The summed E-state index contributed by atoms with van der Waals surface area (Å²) in [7, 11) is -10.7. The molecule has 2 aliphatic rings. The number of rotatable bonds is 12. The van der Waals surface area contributed by atoms with E-state index in [1.165, 1.54) is 0 Å². The van der Waals surface area contributed by atoms with Crippen molar-refractivity contribution in [3.63, 3.8) is 0 Å². The summed E-state index contributed by atoms with van der Waals surface area (Å²) in [6.07, 6.45) is 0.464. The fourth-order valence-corrected chi connectivity index (χ4v) is 11.2. The quantitative estimate of drug-likeness (QED) is 0.197. The van der Waals surface area contributed by atoms with Crippen LogP contribution in [0.15, 0.2) is 65.3 Å². The van der Waals surface area contributed by atoms with Crippen molar-refractivity contribution in [2.45, 2.75) is 173 Å². The lowest BCUT2D eigenvalue weighted by atomic mass is 10.0. The summed E-state index contributed by atoms with van der Waals surface area (Å²) in [5, 5.41) is -0.0637. The zero-order chi connectivity index (χ0) is 40.9. The molecule has 2 aromatic rings. The first-order valence-corrected chi connectivity index (χ1v) is 29.8. The van der Waals surface area contributed by atoms with Gasteiger partial charge in [0, 0.05) is 13.0 Å². The van der Waals surface area contributed by atoms with Crippen molar-refractivity contribution in [1.29, 1.82) is 0 Å². The predicted molar refractivity (Wildman–Crippen MR) is 229 cm³/mol. The van der Waals surface area contributed by atoms with Crippen LogP contribution in [0.3, 0.4) is 0 Å². The molecule has 0 aromatic heterocycles. The van der Waals surface area contributed by atoms with Crippen molar-refractivity contribution in [2.24, 2.45) is 0 Å². The molecule has 0 spiro atoms. The maximum Gasteiger partial charge on any atom is 0.244 e. The van der Waals surface area contributed by atoms with Crippen LogP contribution in [0.2, 0.25) is 54.4 Å². The molecule has 2 aliphatic heterocycles. The van der Waals surface area contributed by atoms with Gasteiger partial charge in [0.25, 0.3) is 0 Å². The average molecular weight is 818 g/mol. The molecule has 0 aliphatic carbocycles. The summed E-state index contributed by atoms with van der Waals surface area (Å²) >= 11 is 0. The zero-order valence-electron chi connectivity index (χ0n) is 36.4. The molecule has 0 radical (unpaired) electrons. The van der Waals surface area contributed by atoms with Gasteiger partial charge in [0.1, 0.15) is 17.9 Å². The molecular formula is C42H71NO7SSi3. The van der Waals surface area contributed by atoms with E-state index in [1.807, 2.05) is 56.3 Å². The SMILES string of the molecule is Cc1ccc(S(=O)(=O)N2CC=C(O[C@@H]3C[C@@H](O[Si](C)(C)C(C)(C)C)[C@@H](O[Si](C)(C)C(C)(C)C)[C@@H](CO[Si](C)(C)C(C)(C)C)O3)[C@@H]2c2ccccc2C)cc1. The normalized spacial score (nSPS) is 24.1. The van der Waals surface area contributed by atoms with E-state index in [-0.39, 0.29) is 38.8 Å². The van der Waals surface area contributed by atoms with E-state index >= 15 is 0 Å². The lowest BCUT2D eigenvalue weighted by Gasteiger charge is -2.50. The summed E-state index contributed by atoms with van der Waals surface area (Å²) < 4.78 is 65.6. The molecule has 0 bridgehead atoms. The first kappa shape index (κ1) is 45.1. The summed E-state index contributed by atoms with van der Waals surface area (Å²) in [5.41, 5.74) is 2.86. The second-order valence-electron chi connectivity index (χ2n) is 20.0. The van der Waals surface area contributed by atoms with Crippen LogP contribution >= 0.6 is 0 Å². The van der Waals surface area contributed by atoms with E-state index < -0.39 is 53.4 Å². The van der Waals surface area contributed by atoms with Crippen molar-refractivity contribution in [3.8, 4) is 0 Å². The number of hydrogen-bond donors (Lipinski definition) is 0. The number of benzene rings is 2. The van der Waals surface area contributed by atoms with Gasteiger partial charge in [-0.15, -0.1) is 0 Å². The molecule has 1 saturated heterocycles. The van der Waals surface area contributed by atoms with E-state index in [9.17, 15) is 8.42 Å². The Balaban J connectivity index is 1.78. The Bertz CT molecular complexity index is 1740. The minimum Gasteiger partial charge on any atom is -0.467 e. The number of hydrogen-bond acceptors (Lipinski definition) is 7. The third-order valence-electron chi connectivity index (χ3n) is 12.8. The minimum absolute atomic E-state index is 0.00617. The van der Waals surface area contributed by atoms with E-state index in [4.69, 9.17) is 22.8 Å². The van der Waals surface area contributed by atoms with Crippen molar-refractivity contribution < 1.29 is 31.2 Å². The number of sulfonamides is 1. The number of aryl methyl sites for hydroxylation is 2. The van der Waals surface area contributed by atoms with Crippen LogP contribution < -0.4 is 0 Å². The highest BCUT2D eigenvalue weighted by atomic mass is 32.2. The molecule has 0 saturated carbocycles. The minimum atomic E-state index is -3.88. The maximum atomic E-state index is 14.3. The molecule has 5 atom stereocenters. The van der Waals surface area contributed by atoms with Crippen LogP contribution in [0.5, 0.6) is 0 Å². The number of ether oxygens (including phenoxy) is 2. The Labute approximate surface area is 331 Å². The van der Waals surface area contributed by atoms with Gasteiger partial charge < -0.3 is 22.8 Å². The van der Waals surface area contributed by atoms with Crippen LogP contribution in [-0.4, -0.2) is 75.4 Å². The molecule has 8 nitrogen and oxygen atoms in total. The maximum absolute atomic E-state index is 14.3. The first-order chi connectivity index (χ1) is 24.5. The Morgan fingerprint density at radius 2 is 1.30 bits per heavy atom. The summed E-state index contributed by atoms with van der Waals surface area (Å²) in [4.78, 5) is 0.256. The smallest absolute Gasteiger partial charge is 0.244 e. The topological polar surface area (TPSA) is 83.5 Å². The van der Waals surface area contributed by atoms with E-state index in [1.54, 1.807) is 16.4 Å². The zero-order valence-corrected chi connectivity index (χ0v) is 40.2. The fraction of sp³-hybridized carbons (Fsp3) is 0.667. The standard InChI is InChI=1S/C42H71NO7SSi3/c1-30-22-24-32(25-23-30)51(44,45)43-27-26-34(38(43)33-21-19-18-20-31(33)2)47-37-28-35(49-53(14,15)41(6,7)8)39(50-54(16,17)42(9,10)11)36(48-37)29-46-52(12,13)40(3,4)5/h18-26,35-39H,27-29H2,1-17H3/t35-,36-,37+,38+,39-/m1/s1. The Morgan fingerprint density at radius 1 is 0.759 bits per heavy atom. The third-order valence-corrected chi connectivity index (χ3v) is 28.1. The molecule has 0 N–H and O–H groups in total. The molecule has 0 amide bonds. The van der Waals surface area contributed by atoms with Gasteiger partial charge >= 0.3 is 0 Å². The van der Waals surface area contributed by atoms with Gasteiger partial charge in [-0.1, -0.05) is 104 Å². The van der Waals surface area contributed by atoms with Gasteiger partial charge in [-0.3, -0.25) is 0 Å². The summed E-state index contributed by atoms with van der Waals surface area (Å²) in [6.45, 7) is 38.4. The summed E-state index contributed by atoms with van der Waals surface area (Å²) in [6, 6.07) is 14.3. The van der Waals surface area contributed by atoms with Crippen LogP contribution in [0.4, 0.5) is 0 Å². The van der Waals surface area contributed by atoms with Gasteiger partial charge in [-0.25, -0.2) is 8.42 Å². The Hall–Kier alpha value is -1.62. The Kier molecular flexibility index (Phi) is 13.3. The molecule has 2 aromatic carbocycles. The van der Waals surface area contributed by atoms with E-state index in [0.717, 1.165) is 16.7 Å². The monoisotopic (exact) mass is 817 g/mol. The van der Waals surface area contributed by atoms with Crippen molar-refractivity contribution in [3.05, 3.63) is 77.1 Å². The van der Waals surface area contributed by atoms with Gasteiger partial charge in [-0.05, 0) is 97.6 Å². The molecule has 4 rings (SSSR count). The van der Waals surface area contributed by atoms with Crippen LogP contribution in [0.25, 0.3) is 0 Å². The highest BCUT2D eigenvalue weighted by Crippen LogP contribution is 2.46. The highest BCUT2D eigenvalue weighted by Gasteiger charge is 2.52. The third kappa shape index (κ3) is 9.90. The van der Waals surface area contributed by atoms with Gasteiger partial charge in [0.05, 0.1) is 23.7 Å². The largest absolute Gasteiger partial charge is 0.467 e. The second kappa shape index (κ2) is 16.0. The fourth-order valence-electron chi connectivity index (χ4n) is 6.04. The molecule has 54 heavy (non-hydrogen) atoms. The lowest BCUT2D eigenvalue weighted by Crippen LogP contribution is -2.61. The predicted octanol–water partition coefficient (Wildman–Crippen LogP) is 10.9. The Morgan fingerprint density at radius 3 is 1.83 bits per heavy atom. The van der Waals surface area contributed by atoms with Gasteiger partial charge in [-0.2, -0.15) is 4.31 Å². The molecule has 2 heterocycles. The summed E-state index contributed by atoms with van der Waals surface area (Å²) in [5.74, 6) is 0.559. The van der Waals surface area contributed by atoms with E-state index in [2.05, 4.69) is 102 Å². The molecule has 0 unspecified atom stereocenters. The van der Waals surface area contributed by atoms with Gasteiger partial charge in [0.15, 0.2) is 25.0 Å². The molecule has 304 valence electrons. The first-order valence-electron chi connectivity index (χ1n) is 19.6. The lowest BCUT2D eigenvalue weighted by molar-refractivity contribution is -0.240. The average Bonchev–Trinajstić information content (AvgIpc) is 3.44. The van der Waals surface area contributed by atoms with Crippen molar-refractivity contribution in [2.75, 3.05) is 13.2 Å². The molecule has 1 fully saturated rings. The van der Waals surface area contributed by atoms with Gasteiger partial charge in [0.2, 0.25) is 16.3 Å². The molecule has 12 heteroatoms. The highest BCUT2D eigenvalue weighted by molar-refractivity contribution is 7.89. The van der Waals surface area contributed by atoms with Crippen LogP contribution in [-0.2, 0) is 32.8 Å². The number of nitrogens with zero attached hydrogens (tertiary/aromatic N) is 1. The van der Waals surface area contributed by atoms with Crippen LogP contribution in [0, 0.1) is 13.8 Å². The van der Waals surface area contributed by atoms with Crippen LogP contribution in [0.1, 0.15) is 91.5 Å².